The molecule has 1 aromatic heterocycles. The monoisotopic (exact) mass is 386 g/mol. The number of imidazole rings is 1. The molecule has 0 aliphatic carbocycles. The zero-order valence-electron chi connectivity index (χ0n) is 14.0. The molecule has 0 unspecified atom stereocenters. The number of halogens is 1. The van der Waals surface area contributed by atoms with Crippen LogP contribution in [0.4, 0.5) is 11.4 Å². The van der Waals surface area contributed by atoms with E-state index in [1.165, 1.54) is 24.3 Å². The van der Waals surface area contributed by atoms with Crippen molar-refractivity contribution in [2.45, 2.75) is 6.42 Å². The Hall–Kier alpha value is -3.39. The van der Waals surface area contributed by atoms with Gasteiger partial charge in [-0.25, -0.2) is 4.98 Å². The summed E-state index contributed by atoms with van der Waals surface area (Å²) in [7, 11) is 0. The Bertz CT molecular complexity index is 943. The van der Waals surface area contributed by atoms with E-state index < -0.39 is 4.92 Å². The molecule has 0 aliphatic heterocycles. The first-order valence-corrected chi connectivity index (χ1v) is 8.36. The molecular formula is C18H15ClN4O4. The molecule has 1 N–H and O–H groups in total. The Balaban J connectivity index is 1.50. The number of non-ortho nitro benzene ring substituents is 1. The number of amides is 1. The fraction of sp³-hybridized carbons (Fsp3) is 0.111. The molecule has 0 atom stereocenters. The van der Waals surface area contributed by atoms with Crippen LogP contribution >= 0.6 is 11.6 Å². The minimum Gasteiger partial charge on any atom is -0.493 e. The smallest absolute Gasteiger partial charge is 0.269 e. The van der Waals surface area contributed by atoms with Gasteiger partial charge in [-0.3, -0.25) is 14.9 Å². The van der Waals surface area contributed by atoms with Crippen molar-refractivity contribution >= 4 is 28.9 Å². The Morgan fingerprint density at radius 3 is 2.67 bits per heavy atom. The Morgan fingerprint density at radius 1 is 1.26 bits per heavy atom. The molecule has 2 aromatic carbocycles. The van der Waals surface area contributed by atoms with E-state index in [0.717, 1.165) is 5.69 Å². The van der Waals surface area contributed by atoms with Gasteiger partial charge in [-0.15, -0.1) is 0 Å². The molecule has 0 aliphatic rings. The molecule has 9 heteroatoms. The highest BCUT2D eigenvalue weighted by Crippen LogP contribution is 2.24. The zero-order valence-corrected chi connectivity index (χ0v) is 14.8. The third-order valence-electron chi connectivity index (χ3n) is 3.66. The number of nitrogens with zero attached hydrogens (tertiary/aromatic N) is 3. The summed E-state index contributed by atoms with van der Waals surface area (Å²) in [5.41, 5.74) is 1.31. The number of anilines is 1. The lowest BCUT2D eigenvalue weighted by Gasteiger charge is -2.10. The van der Waals surface area contributed by atoms with E-state index in [9.17, 15) is 14.9 Å². The molecule has 0 saturated heterocycles. The summed E-state index contributed by atoms with van der Waals surface area (Å²) in [6, 6.07) is 10.9. The maximum Gasteiger partial charge on any atom is 0.269 e. The van der Waals surface area contributed by atoms with Gasteiger partial charge >= 0.3 is 0 Å². The van der Waals surface area contributed by atoms with E-state index in [1.807, 2.05) is 0 Å². The summed E-state index contributed by atoms with van der Waals surface area (Å²) in [4.78, 5) is 26.1. The highest BCUT2D eigenvalue weighted by atomic mass is 35.5. The van der Waals surface area contributed by atoms with Gasteiger partial charge in [-0.1, -0.05) is 11.6 Å². The number of nitro benzene ring substituents is 1. The van der Waals surface area contributed by atoms with Gasteiger partial charge in [0.15, 0.2) is 0 Å². The lowest BCUT2D eigenvalue weighted by atomic mass is 10.2. The molecule has 3 rings (SSSR count). The molecule has 0 radical (unpaired) electrons. The molecule has 0 spiro atoms. The van der Waals surface area contributed by atoms with E-state index in [1.54, 1.807) is 41.5 Å². The second-order valence-corrected chi connectivity index (χ2v) is 5.94. The molecule has 3 aromatic rings. The van der Waals surface area contributed by atoms with Crippen molar-refractivity contribution in [1.82, 2.24) is 9.55 Å². The summed E-state index contributed by atoms with van der Waals surface area (Å²) in [5, 5.41) is 13.8. The number of nitro groups is 1. The Kier molecular flexibility index (Phi) is 5.68. The second-order valence-electron chi connectivity index (χ2n) is 5.53. The standard InChI is InChI=1S/C18H15ClN4O4/c19-16-11-13(1-6-17(16)22-9-8-20-12-22)21-18(24)7-10-27-15-4-2-14(3-5-15)23(25)26/h1-6,8-9,11-12H,7,10H2,(H,21,24). The second kappa shape index (κ2) is 8.33. The maximum atomic E-state index is 12.0. The lowest BCUT2D eigenvalue weighted by molar-refractivity contribution is -0.384. The molecule has 1 amide bonds. The Morgan fingerprint density at radius 2 is 2.04 bits per heavy atom. The zero-order chi connectivity index (χ0) is 19.2. The topological polar surface area (TPSA) is 99.3 Å². The first-order chi connectivity index (χ1) is 13.0. The van der Waals surface area contributed by atoms with Crippen LogP contribution in [0.2, 0.25) is 5.02 Å². The number of nitrogens with one attached hydrogen (secondary N) is 1. The number of aromatic nitrogens is 2. The quantitative estimate of drug-likeness (QED) is 0.491. The number of hydrogen-bond acceptors (Lipinski definition) is 5. The van der Waals surface area contributed by atoms with Crippen LogP contribution in [0.15, 0.2) is 61.2 Å². The van der Waals surface area contributed by atoms with E-state index in [4.69, 9.17) is 16.3 Å². The summed E-state index contributed by atoms with van der Waals surface area (Å²) < 4.78 is 7.19. The molecule has 138 valence electrons. The van der Waals surface area contributed by atoms with Crippen LogP contribution in [0.1, 0.15) is 6.42 Å². The van der Waals surface area contributed by atoms with Crippen LogP contribution in [0, 0.1) is 10.1 Å². The average molecular weight is 387 g/mol. The number of hydrogen-bond donors (Lipinski definition) is 1. The van der Waals surface area contributed by atoms with Gasteiger partial charge in [0.1, 0.15) is 5.75 Å². The van der Waals surface area contributed by atoms with Gasteiger partial charge < -0.3 is 14.6 Å². The van der Waals surface area contributed by atoms with Gasteiger partial charge in [0.25, 0.3) is 5.69 Å². The van der Waals surface area contributed by atoms with Gasteiger partial charge in [0, 0.05) is 30.2 Å². The number of carbonyl (C=O) groups excluding carboxylic acids is 1. The molecule has 0 bridgehead atoms. The number of ether oxygens (including phenoxy) is 1. The minimum atomic E-state index is -0.486. The first kappa shape index (κ1) is 18.4. The first-order valence-electron chi connectivity index (χ1n) is 7.98. The van der Waals surface area contributed by atoms with Gasteiger partial charge in [-0.2, -0.15) is 0 Å². The largest absolute Gasteiger partial charge is 0.493 e. The van der Waals surface area contributed by atoms with E-state index in [-0.39, 0.29) is 24.6 Å². The van der Waals surface area contributed by atoms with Crippen LogP contribution in [0.25, 0.3) is 5.69 Å². The summed E-state index contributed by atoms with van der Waals surface area (Å²) in [5.74, 6) is 0.226. The summed E-state index contributed by atoms with van der Waals surface area (Å²) >= 11 is 6.25. The highest BCUT2D eigenvalue weighted by Gasteiger charge is 2.08. The maximum absolute atomic E-state index is 12.0. The van der Waals surface area contributed by atoms with Crippen molar-refractivity contribution < 1.29 is 14.5 Å². The molecule has 0 saturated carbocycles. The molecule has 8 nitrogen and oxygen atoms in total. The third-order valence-corrected chi connectivity index (χ3v) is 3.96. The fourth-order valence-electron chi connectivity index (χ4n) is 2.34. The van der Waals surface area contributed by atoms with Crippen LogP contribution < -0.4 is 10.1 Å². The average Bonchev–Trinajstić information content (AvgIpc) is 3.16. The highest BCUT2D eigenvalue weighted by molar-refractivity contribution is 6.32. The van der Waals surface area contributed by atoms with E-state index >= 15 is 0 Å². The summed E-state index contributed by atoms with van der Waals surface area (Å²) in [6.07, 6.45) is 5.18. The van der Waals surface area contributed by atoms with Crippen LogP contribution in [0.5, 0.6) is 5.75 Å². The Labute approximate surface area is 159 Å². The predicted molar refractivity (Wildman–Crippen MR) is 100 cm³/mol. The van der Waals surface area contributed by atoms with Crippen LogP contribution in [-0.2, 0) is 4.79 Å². The predicted octanol–water partition coefficient (Wildman–Crippen LogP) is 3.84. The van der Waals surface area contributed by atoms with Gasteiger partial charge in [-0.05, 0) is 30.3 Å². The van der Waals surface area contributed by atoms with Crippen molar-refractivity contribution in [1.29, 1.82) is 0 Å². The number of benzene rings is 2. The molecule has 0 fully saturated rings. The van der Waals surface area contributed by atoms with Crippen LogP contribution in [0.3, 0.4) is 0 Å². The van der Waals surface area contributed by atoms with Gasteiger partial charge in [0.2, 0.25) is 5.91 Å². The molecular weight excluding hydrogens is 372 g/mol. The molecule has 27 heavy (non-hydrogen) atoms. The third kappa shape index (κ3) is 4.83. The van der Waals surface area contributed by atoms with Crippen molar-refractivity contribution in [2.24, 2.45) is 0 Å². The molecule has 1 heterocycles. The van der Waals surface area contributed by atoms with E-state index in [0.29, 0.717) is 16.5 Å². The SMILES string of the molecule is O=C(CCOc1ccc([N+](=O)[O-])cc1)Nc1ccc(-n2ccnc2)c(Cl)c1. The summed E-state index contributed by atoms with van der Waals surface area (Å²) in [6.45, 7) is 0.143. The number of carbonyl (C=O) groups is 1. The van der Waals surface area contributed by atoms with Crippen molar-refractivity contribution in [3.8, 4) is 11.4 Å². The van der Waals surface area contributed by atoms with Crippen molar-refractivity contribution in [3.63, 3.8) is 0 Å². The van der Waals surface area contributed by atoms with Crippen molar-refractivity contribution in [2.75, 3.05) is 11.9 Å². The van der Waals surface area contributed by atoms with Gasteiger partial charge in [0.05, 0.1) is 35.0 Å². The van der Waals surface area contributed by atoms with E-state index in [2.05, 4.69) is 10.3 Å². The van der Waals surface area contributed by atoms with Crippen LogP contribution in [-0.4, -0.2) is 27.0 Å². The lowest BCUT2D eigenvalue weighted by Crippen LogP contribution is -2.15. The number of rotatable bonds is 7. The van der Waals surface area contributed by atoms with Crippen molar-refractivity contribution in [3.05, 3.63) is 76.3 Å². The fourth-order valence-corrected chi connectivity index (χ4v) is 2.62. The normalized spacial score (nSPS) is 10.4. The minimum absolute atomic E-state index is 0.0175.